The van der Waals surface area contributed by atoms with E-state index in [1.54, 1.807) is 20.3 Å². The van der Waals surface area contributed by atoms with E-state index in [1.807, 2.05) is 30.5 Å². The van der Waals surface area contributed by atoms with Crippen LogP contribution in [-0.4, -0.2) is 63.6 Å². The third kappa shape index (κ3) is 4.65. The fourth-order valence-corrected chi connectivity index (χ4v) is 3.37. The van der Waals surface area contributed by atoms with Gasteiger partial charge in [-0.3, -0.25) is 19.7 Å². The van der Waals surface area contributed by atoms with Gasteiger partial charge in [0.15, 0.2) is 0 Å². The molecule has 3 rings (SSSR count). The Morgan fingerprint density at radius 2 is 2.04 bits per heavy atom. The molecule has 6 heteroatoms. The van der Waals surface area contributed by atoms with Gasteiger partial charge in [0.05, 0.1) is 23.4 Å². The number of amides is 1. The van der Waals surface area contributed by atoms with E-state index in [9.17, 15) is 9.90 Å². The Morgan fingerprint density at radius 1 is 1.23 bits per heavy atom. The lowest BCUT2D eigenvalue weighted by molar-refractivity contribution is -0.136. The highest BCUT2D eigenvalue weighted by Crippen LogP contribution is 2.26. The molecule has 0 aliphatic carbocycles. The number of hydrogen-bond acceptors (Lipinski definition) is 5. The average Bonchev–Trinajstić information content (AvgIpc) is 2.63. The van der Waals surface area contributed by atoms with Crippen LogP contribution in [0.1, 0.15) is 24.8 Å². The van der Waals surface area contributed by atoms with Crippen molar-refractivity contribution in [3.05, 3.63) is 48.3 Å². The fraction of sp³-hybridized carbons (Fsp3) is 0.450. The molecule has 6 nitrogen and oxygen atoms in total. The maximum Gasteiger partial charge on any atom is 0.224 e. The van der Waals surface area contributed by atoms with E-state index in [0.29, 0.717) is 19.5 Å². The Balaban J connectivity index is 1.62. The summed E-state index contributed by atoms with van der Waals surface area (Å²) in [4.78, 5) is 24.5. The lowest BCUT2D eigenvalue weighted by atomic mass is 9.89. The van der Waals surface area contributed by atoms with Gasteiger partial charge in [0.25, 0.3) is 0 Å². The van der Waals surface area contributed by atoms with E-state index in [0.717, 1.165) is 29.9 Å². The molecule has 1 aliphatic heterocycles. The summed E-state index contributed by atoms with van der Waals surface area (Å²) in [5.74, 6) is -0.0317. The molecule has 1 atom stereocenters. The SMILES string of the molecule is CN(C)C(=O)CC1(O)CCCN(Cc2ccc(-c3ccccn3)nc2)C1. The number of β-amino-alcohol motifs (C(OH)–C–C–N with tert-alkyl or cyclic N) is 1. The number of nitrogens with zero attached hydrogens (tertiary/aromatic N) is 4. The molecule has 1 saturated heterocycles. The Morgan fingerprint density at radius 3 is 2.69 bits per heavy atom. The molecule has 1 N–H and O–H groups in total. The smallest absolute Gasteiger partial charge is 0.224 e. The van der Waals surface area contributed by atoms with Gasteiger partial charge in [-0.15, -0.1) is 0 Å². The van der Waals surface area contributed by atoms with Crippen molar-refractivity contribution < 1.29 is 9.90 Å². The zero-order chi connectivity index (χ0) is 18.6. The summed E-state index contributed by atoms with van der Waals surface area (Å²) in [5, 5.41) is 10.8. The second kappa shape index (κ2) is 7.93. The highest BCUT2D eigenvalue weighted by molar-refractivity contribution is 5.76. The minimum absolute atomic E-state index is 0.0317. The summed E-state index contributed by atoms with van der Waals surface area (Å²) in [5.41, 5.74) is 1.85. The van der Waals surface area contributed by atoms with Crippen molar-refractivity contribution in [1.82, 2.24) is 19.8 Å². The molecule has 0 spiro atoms. The molecule has 26 heavy (non-hydrogen) atoms. The molecule has 1 unspecified atom stereocenters. The summed E-state index contributed by atoms with van der Waals surface area (Å²) in [6.07, 6.45) is 5.35. The highest BCUT2D eigenvalue weighted by atomic mass is 16.3. The van der Waals surface area contributed by atoms with Crippen LogP contribution in [0.5, 0.6) is 0 Å². The van der Waals surface area contributed by atoms with Crippen molar-refractivity contribution >= 4 is 5.91 Å². The van der Waals surface area contributed by atoms with Crippen LogP contribution in [0.3, 0.4) is 0 Å². The maximum absolute atomic E-state index is 12.0. The van der Waals surface area contributed by atoms with Crippen molar-refractivity contribution in [2.45, 2.75) is 31.4 Å². The lowest BCUT2D eigenvalue weighted by Gasteiger charge is -2.39. The van der Waals surface area contributed by atoms with Gasteiger partial charge >= 0.3 is 0 Å². The summed E-state index contributed by atoms with van der Waals surface area (Å²) in [6, 6.07) is 9.80. The predicted molar refractivity (Wildman–Crippen MR) is 100 cm³/mol. The van der Waals surface area contributed by atoms with E-state index in [4.69, 9.17) is 0 Å². The van der Waals surface area contributed by atoms with Gasteiger partial charge in [0.1, 0.15) is 0 Å². The summed E-state index contributed by atoms with van der Waals surface area (Å²) >= 11 is 0. The van der Waals surface area contributed by atoms with Crippen molar-refractivity contribution in [2.75, 3.05) is 27.2 Å². The number of piperidine rings is 1. The minimum atomic E-state index is -0.944. The average molecular weight is 354 g/mol. The van der Waals surface area contributed by atoms with Gasteiger partial charge in [-0.1, -0.05) is 12.1 Å². The van der Waals surface area contributed by atoms with Gasteiger partial charge < -0.3 is 10.0 Å². The largest absolute Gasteiger partial charge is 0.388 e. The van der Waals surface area contributed by atoms with Crippen LogP contribution in [0.2, 0.25) is 0 Å². The number of aliphatic hydroxyl groups is 1. The van der Waals surface area contributed by atoms with Crippen molar-refractivity contribution in [3.63, 3.8) is 0 Å². The zero-order valence-corrected chi connectivity index (χ0v) is 15.4. The third-order valence-corrected chi connectivity index (χ3v) is 4.77. The van der Waals surface area contributed by atoms with Crippen LogP contribution in [0, 0.1) is 0 Å². The highest BCUT2D eigenvalue weighted by Gasteiger charge is 2.35. The molecular formula is C20H26N4O2. The minimum Gasteiger partial charge on any atom is -0.388 e. The first kappa shape index (κ1) is 18.5. The molecular weight excluding hydrogens is 328 g/mol. The van der Waals surface area contributed by atoms with E-state index < -0.39 is 5.60 Å². The molecule has 2 aromatic heterocycles. The predicted octanol–water partition coefficient (Wildman–Crippen LogP) is 1.95. The van der Waals surface area contributed by atoms with Gasteiger partial charge in [-0.2, -0.15) is 0 Å². The Bertz CT molecular complexity index is 733. The fourth-order valence-electron chi connectivity index (χ4n) is 3.37. The summed E-state index contributed by atoms with van der Waals surface area (Å²) in [7, 11) is 3.45. The number of hydrogen-bond donors (Lipinski definition) is 1. The van der Waals surface area contributed by atoms with Gasteiger partial charge in [0, 0.05) is 39.6 Å². The van der Waals surface area contributed by atoms with Gasteiger partial charge in [-0.05, 0) is 43.1 Å². The topological polar surface area (TPSA) is 69.6 Å². The van der Waals surface area contributed by atoms with Gasteiger partial charge in [0.2, 0.25) is 5.91 Å². The van der Waals surface area contributed by atoms with E-state index in [2.05, 4.69) is 20.9 Å². The normalized spacial score (nSPS) is 20.7. The number of likely N-dealkylation sites (tertiary alicyclic amines) is 1. The number of pyridine rings is 2. The molecule has 0 aromatic carbocycles. The van der Waals surface area contributed by atoms with Crippen LogP contribution in [-0.2, 0) is 11.3 Å². The standard InChI is InChI=1S/C20H26N4O2/c1-23(2)19(25)12-20(26)9-5-11-24(15-20)14-16-7-8-18(22-13-16)17-6-3-4-10-21-17/h3-4,6-8,10,13,26H,5,9,11-12,14-15H2,1-2H3. The van der Waals surface area contributed by atoms with Crippen LogP contribution in [0.15, 0.2) is 42.7 Å². The third-order valence-electron chi connectivity index (χ3n) is 4.77. The quantitative estimate of drug-likeness (QED) is 0.889. The van der Waals surface area contributed by atoms with Crippen LogP contribution in [0.4, 0.5) is 0 Å². The number of aromatic nitrogens is 2. The molecule has 0 radical (unpaired) electrons. The molecule has 0 saturated carbocycles. The monoisotopic (exact) mass is 354 g/mol. The first-order valence-corrected chi connectivity index (χ1v) is 8.96. The molecule has 1 fully saturated rings. The molecule has 0 bridgehead atoms. The van der Waals surface area contributed by atoms with Crippen molar-refractivity contribution in [3.8, 4) is 11.4 Å². The van der Waals surface area contributed by atoms with Crippen LogP contribution >= 0.6 is 0 Å². The maximum atomic E-state index is 12.0. The lowest BCUT2D eigenvalue weighted by Crippen LogP contribution is -2.50. The Hall–Kier alpha value is -2.31. The number of rotatable bonds is 5. The van der Waals surface area contributed by atoms with Gasteiger partial charge in [-0.25, -0.2) is 0 Å². The first-order valence-electron chi connectivity index (χ1n) is 8.96. The van der Waals surface area contributed by atoms with Crippen molar-refractivity contribution in [2.24, 2.45) is 0 Å². The first-order chi connectivity index (χ1) is 12.5. The molecule has 1 amide bonds. The van der Waals surface area contributed by atoms with Crippen molar-refractivity contribution in [1.29, 1.82) is 0 Å². The molecule has 138 valence electrons. The summed E-state index contributed by atoms with van der Waals surface area (Å²) < 4.78 is 0. The Kier molecular flexibility index (Phi) is 5.64. The van der Waals surface area contributed by atoms with Crippen LogP contribution < -0.4 is 0 Å². The molecule has 2 aromatic rings. The van der Waals surface area contributed by atoms with E-state index in [1.165, 1.54) is 4.90 Å². The second-order valence-electron chi connectivity index (χ2n) is 7.27. The summed E-state index contributed by atoms with van der Waals surface area (Å²) in [6.45, 7) is 2.14. The Labute approximate surface area is 154 Å². The van der Waals surface area contributed by atoms with E-state index in [-0.39, 0.29) is 12.3 Å². The second-order valence-corrected chi connectivity index (χ2v) is 7.27. The number of carbonyl (C=O) groups is 1. The van der Waals surface area contributed by atoms with Crippen LogP contribution in [0.25, 0.3) is 11.4 Å². The molecule has 1 aliphatic rings. The zero-order valence-electron chi connectivity index (χ0n) is 15.4. The van der Waals surface area contributed by atoms with E-state index >= 15 is 0 Å². The molecule has 3 heterocycles. The number of carbonyl (C=O) groups excluding carboxylic acids is 1.